The van der Waals surface area contributed by atoms with Gasteiger partial charge in [-0.1, -0.05) is 0 Å². The molecule has 0 spiro atoms. The first-order valence-electron chi connectivity index (χ1n) is 3.74. The van der Waals surface area contributed by atoms with E-state index in [0.29, 0.717) is 0 Å². The summed E-state index contributed by atoms with van der Waals surface area (Å²) < 4.78 is 52.2. The lowest BCUT2D eigenvalue weighted by Crippen LogP contribution is -2.06. The van der Waals surface area contributed by atoms with Crippen LogP contribution in [0.3, 0.4) is 0 Å². The lowest BCUT2D eigenvalue weighted by molar-refractivity contribution is 0.141. The molecule has 0 amide bonds. The van der Waals surface area contributed by atoms with Crippen molar-refractivity contribution in [1.29, 1.82) is 0 Å². The Balaban J connectivity index is 3.59. The van der Waals surface area contributed by atoms with Crippen molar-refractivity contribution < 1.29 is 21.9 Å². The molecule has 1 rings (SSSR count). The molecule has 0 fully saturated rings. The predicted molar refractivity (Wildman–Crippen MR) is 61.5 cm³/mol. The topological polar surface area (TPSA) is 56.3 Å². The second-order valence-corrected chi connectivity index (χ2v) is 6.26. The number of nitrogens with zero attached hydrogens (tertiary/aromatic N) is 1. The van der Waals surface area contributed by atoms with Crippen LogP contribution in [0.5, 0.6) is 5.88 Å². The fourth-order valence-corrected chi connectivity index (χ4v) is 3.96. The lowest BCUT2D eigenvalue weighted by atomic mass is 10.3. The summed E-state index contributed by atoms with van der Waals surface area (Å²) in [6.45, 7) is 0. The molecule has 0 saturated heterocycles. The van der Waals surface area contributed by atoms with Crippen molar-refractivity contribution in [3.8, 4) is 5.88 Å². The van der Waals surface area contributed by atoms with Crippen LogP contribution in [0.15, 0.2) is 11.0 Å². The van der Waals surface area contributed by atoms with Gasteiger partial charge in [-0.2, -0.15) is 0 Å². The smallest absolute Gasteiger partial charge is 0.281 e. The average Bonchev–Trinajstić information content (AvgIpc) is 2.14. The van der Waals surface area contributed by atoms with Crippen molar-refractivity contribution in [2.24, 2.45) is 0 Å². The van der Waals surface area contributed by atoms with Crippen molar-refractivity contribution in [1.82, 2.24) is 4.98 Å². The van der Waals surface area contributed by atoms with Crippen molar-refractivity contribution in [2.75, 3.05) is 7.11 Å². The molecule has 1 aromatic rings. The number of alkyl halides is 2. The van der Waals surface area contributed by atoms with Gasteiger partial charge in [0, 0.05) is 20.3 Å². The van der Waals surface area contributed by atoms with Gasteiger partial charge < -0.3 is 4.74 Å². The maximum absolute atomic E-state index is 12.6. The summed E-state index contributed by atoms with van der Waals surface area (Å²) in [5.41, 5.74) is -0.904. The fourth-order valence-electron chi connectivity index (χ4n) is 0.992. The fraction of sp³-hybridized carbons (Fsp3) is 0.286. The molecule has 1 aromatic heterocycles. The summed E-state index contributed by atoms with van der Waals surface area (Å²) >= 11 is 1.58. The van der Waals surface area contributed by atoms with Gasteiger partial charge in [-0.15, -0.1) is 0 Å². The summed E-state index contributed by atoms with van der Waals surface area (Å²) in [7, 11) is 2.03. The van der Waals surface area contributed by atoms with Crippen LogP contribution in [-0.4, -0.2) is 20.5 Å². The Morgan fingerprint density at radius 3 is 2.50 bits per heavy atom. The Labute approximate surface area is 109 Å². The minimum absolute atomic E-state index is 0.0368. The highest BCUT2D eigenvalue weighted by atomic mass is 127. The zero-order valence-corrected chi connectivity index (χ0v) is 11.5. The Kier molecular flexibility index (Phi) is 4.29. The zero-order chi connectivity index (χ0) is 12.5. The summed E-state index contributed by atoms with van der Waals surface area (Å²) in [4.78, 5) is 2.70. The summed E-state index contributed by atoms with van der Waals surface area (Å²) in [5.74, 6) is -0.0937. The van der Waals surface area contributed by atoms with E-state index in [-0.39, 0.29) is 9.45 Å². The quantitative estimate of drug-likeness (QED) is 0.595. The van der Waals surface area contributed by atoms with E-state index in [9.17, 15) is 17.2 Å². The maximum Gasteiger partial charge on any atom is 0.281 e. The number of methoxy groups -OCH3 is 1. The van der Waals surface area contributed by atoms with Gasteiger partial charge in [0.1, 0.15) is 10.6 Å². The highest BCUT2D eigenvalue weighted by molar-refractivity contribution is 14.1. The Hall–Kier alpha value is -0.220. The van der Waals surface area contributed by atoms with Gasteiger partial charge in [-0.05, 0) is 22.6 Å². The molecule has 0 saturated carbocycles. The van der Waals surface area contributed by atoms with Gasteiger partial charge in [-0.3, -0.25) is 0 Å². The van der Waals surface area contributed by atoms with E-state index in [4.69, 9.17) is 10.7 Å². The van der Waals surface area contributed by atoms with Gasteiger partial charge in [0.2, 0.25) is 5.88 Å². The third kappa shape index (κ3) is 2.92. The Bertz CT molecular complexity index is 509. The molecular weight excluding hydrogens is 379 g/mol. The zero-order valence-electron chi connectivity index (χ0n) is 7.75. The number of rotatable bonds is 3. The van der Waals surface area contributed by atoms with Gasteiger partial charge in [0.15, 0.2) is 0 Å². The number of halogens is 4. The van der Waals surface area contributed by atoms with Gasteiger partial charge in [0.25, 0.3) is 15.5 Å². The third-order valence-corrected chi connectivity index (χ3v) is 4.19. The molecule has 0 radical (unpaired) electrons. The first-order valence-corrected chi connectivity index (χ1v) is 7.13. The van der Waals surface area contributed by atoms with Crippen molar-refractivity contribution >= 4 is 42.3 Å². The lowest BCUT2D eigenvalue weighted by Gasteiger charge is -2.09. The number of pyridine rings is 1. The van der Waals surface area contributed by atoms with E-state index < -0.39 is 26.1 Å². The predicted octanol–water partition coefficient (Wildman–Crippen LogP) is 2.56. The van der Waals surface area contributed by atoms with Crippen molar-refractivity contribution in [2.45, 2.75) is 11.3 Å². The minimum Gasteiger partial charge on any atom is -0.481 e. The molecule has 0 aromatic carbocycles. The van der Waals surface area contributed by atoms with E-state index in [1.165, 1.54) is 13.2 Å². The van der Waals surface area contributed by atoms with Crippen LogP contribution in [0.25, 0.3) is 0 Å². The monoisotopic (exact) mass is 383 g/mol. The van der Waals surface area contributed by atoms with E-state index in [0.717, 1.165) is 0 Å². The van der Waals surface area contributed by atoms with Crippen LogP contribution < -0.4 is 4.74 Å². The molecule has 0 aliphatic heterocycles. The minimum atomic E-state index is -4.27. The number of hydrogen-bond acceptors (Lipinski definition) is 4. The van der Waals surface area contributed by atoms with E-state index in [2.05, 4.69) is 9.72 Å². The standard InChI is InChI=1S/C7H5ClF2INO3S/c1-15-4-2-3(11)6(16(8,13)14)5(12-4)7(9)10/h2,7H,1H3. The highest BCUT2D eigenvalue weighted by Crippen LogP contribution is 2.33. The highest BCUT2D eigenvalue weighted by Gasteiger charge is 2.27. The van der Waals surface area contributed by atoms with Crippen molar-refractivity contribution in [3.63, 3.8) is 0 Å². The summed E-state index contributed by atoms with van der Waals surface area (Å²) in [5, 5.41) is 0. The molecule has 0 aliphatic rings. The maximum atomic E-state index is 12.6. The molecular formula is C7H5ClF2INO3S. The molecule has 0 bridgehead atoms. The molecule has 16 heavy (non-hydrogen) atoms. The first kappa shape index (κ1) is 13.8. The SMILES string of the molecule is COc1cc(I)c(S(=O)(=O)Cl)c(C(F)F)n1. The Morgan fingerprint density at radius 1 is 1.56 bits per heavy atom. The molecule has 9 heteroatoms. The molecule has 0 aliphatic carbocycles. The van der Waals surface area contributed by atoms with Crippen LogP contribution in [0.1, 0.15) is 12.1 Å². The second kappa shape index (κ2) is 4.96. The number of aromatic nitrogens is 1. The van der Waals surface area contributed by atoms with Crippen LogP contribution >= 0.6 is 33.3 Å². The molecule has 1 heterocycles. The first-order chi connectivity index (χ1) is 7.27. The van der Waals surface area contributed by atoms with Gasteiger partial charge in [0.05, 0.1) is 7.11 Å². The molecule has 0 unspecified atom stereocenters. The molecule has 0 atom stereocenters. The Morgan fingerprint density at radius 2 is 2.12 bits per heavy atom. The van der Waals surface area contributed by atoms with Gasteiger partial charge >= 0.3 is 0 Å². The largest absolute Gasteiger partial charge is 0.481 e. The van der Waals surface area contributed by atoms with E-state index in [1.54, 1.807) is 22.6 Å². The number of hydrogen-bond donors (Lipinski definition) is 0. The number of ether oxygens (including phenoxy) is 1. The third-order valence-electron chi connectivity index (χ3n) is 1.59. The van der Waals surface area contributed by atoms with E-state index >= 15 is 0 Å². The van der Waals surface area contributed by atoms with Crippen LogP contribution in [0.2, 0.25) is 0 Å². The van der Waals surface area contributed by atoms with Crippen LogP contribution in [0, 0.1) is 3.57 Å². The molecule has 0 N–H and O–H groups in total. The van der Waals surface area contributed by atoms with Crippen molar-refractivity contribution in [3.05, 3.63) is 15.3 Å². The van der Waals surface area contributed by atoms with Crippen LogP contribution in [0.4, 0.5) is 8.78 Å². The average molecular weight is 384 g/mol. The summed E-state index contributed by atoms with van der Waals surface area (Å²) in [6.07, 6.45) is -3.05. The van der Waals surface area contributed by atoms with E-state index in [1.807, 2.05) is 0 Å². The van der Waals surface area contributed by atoms with Gasteiger partial charge in [-0.25, -0.2) is 22.2 Å². The summed E-state index contributed by atoms with van der Waals surface area (Å²) in [6, 6.07) is 1.21. The normalized spacial score (nSPS) is 11.9. The molecule has 90 valence electrons. The molecule has 4 nitrogen and oxygen atoms in total. The van der Waals surface area contributed by atoms with Crippen LogP contribution in [-0.2, 0) is 9.05 Å². The second-order valence-electron chi connectivity index (χ2n) is 2.60.